The van der Waals surface area contributed by atoms with Crippen molar-refractivity contribution in [3.8, 4) is 0 Å². The van der Waals surface area contributed by atoms with Crippen LogP contribution in [0.15, 0.2) is 29.6 Å². The summed E-state index contributed by atoms with van der Waals surface area (Å²) in [5, 5.41) is 5.94. The van der Waals surface area contributed by atoms with E-state index in [1.54, 1.807) is 13.3 Å². The van der Waals surface area contributed by atoms with Gasteiger partial charge in [0.15, 0.2) is 0 Å². The van der Waals surface area contributed by atoms with E-state index in [-0.39, 0.29) is 18.0 Å². The first-order chi connectivity index (χ1) is 12.6. The maximum absolute atomic E-state index is 11.9. The molecule has 1 saturated heterocycles. The van der Waals surface area contributed by atoms with Crippen LogP contribution in [0.3, 0.4) is 0 Å². The summed E-state index contributed by atoms with van der Waals surface area (Å²) < 4.78 is 1.28. The van der Waals surface area contributed by atoms with E-state index >= 15 is 0 Å². The lowest BCUT2D eigenvalue weighted by molar-refractivity contribution is -0.121. The van der Waals surface area contributed by atoms with E-state index in [4.69, 9.17) is 0 Å². The van der Waals surface area contributed by atoms with Crippen LogP contribution in [0.4, 0.5) is 11.6 Å². The summed E-state index contributed by atoms with van der Waals surface area (Å²) in [7, 11) is 0. The van der Waals surface area contributed by atoms with E-state index in [0.717, 1.165) is 24.7 Å². The van der Waals surface area contributed by atoms with Crippen LogP contribution in [-0.4, -0.2) is 51.6 Å². The summed E-state index contributed by atoms with van der Waals surface area (Å²) in [6.45, 7) is 4.71. The fourth-order valence-corrected chi connectivity index (χ4v) is 2.80. The van der Waals surface area contributed by atoms with Crippen molar-refractivity contribution in [2.75, 3.05) is 36.4 Å². The standard InChI is InChI=1S/C17H23N7O2/c1-13-8-17(26)24(12-22-13)10-16(25)19-5-4-18-14-9-15(21-11-20-14)23-6-2-3-7-23/h8-9,11-12H,2-7,10H2,1H3,(H,19,25)(H,18,20,21). The molecule has 2 aromatic rings. The zero-order valence-electron chi connectivity index (χ0n) is 14.8. The van der Waals surface area contributed by atoms with Gasteiger partial charge in [0, 0.05) is 44.0 Å². The minimum Gasteiger partial charge on any atom is -0.368 e. The van der Waals surface area contributed by atoms with Gasteiger partial charge in [-0.05, 0) is 19.8 Å². The maximum Gasteiger partial charge on any atom is 0.253 e. The summed E-state index contributed by atoms with van der Waals surface area (Å²) in [4.78, 5) is 38.4. The molecule has 1 aliphatic heterocycles. The molecule has 3 heterocycles. The Labute approximate surface area is 151 Å². The lowest BCUT2D eigenvalue weighted by atomic mass is 10.4. The van der Waals surface area contributed by atoms with Crippen LogP contribution >= 0.6 is 0 Å². The van der Waals surface area contributed by atoms with E-state index in [0.29, 0.717) is 18.8 Å². The summed E-state index contributed by atoms with van der Waals surface area (Å²) >= 11 is 0. The Hall–Kier alpha value is -2.97. The number of aryl methyl sites for hydroxylation is 1. The molecule has 1 amide bonds. The van der Waals surface area contributed by atoms with E-state index in [9.17, 15) is 9.59 Å². The molecule has 9 nitrogen and oxygen atoms in total. The third-order valence-electron chi connectivity index (χ3n) is 4.17. The van der Waals surface area contributed by atoms with Crippen LogP contribution in [0.25, 0.3) is 0 Å². The summed E-state index contributed by atoms with van der Waals surface area (Å²) in [5.74, 6) is 1.42. The summed E-state index contributed by atoms with van der Waals surface area (Å²) in [6.07, 6.45) is 5.32. The van der Waals surface area contributed by atoms with Crippen molar-refractivity contribution in [2.45, 2.75) is 26.3 Å². The molecule has 0 bridgehead atoms. The van der Waals surface area contributed by atoms with Gasteiger partial charge in [-0.3, -0.25) is 14.2 Å². The molecule has 0 saturated carbocycles. The van der Waals surface area contributed by atoms with Crippen molar-refractivity contribution in [1.82, 2.24) is 24.8 Å². The van der Waals surface area contributed by atoms with Gasteiger partial charge in [0.25, 0.3) is 5.56 Å². The third-order valence-corrected chi connectivity index (χ3v) is 4.17. The first-order valence-corrected chi connectivity index (χ1v) is 8.72. The number of hydrogen-bond acceptors (Lipinski definition) is 7. The highest BCUT2D eigenvalue weighted by Crippen LogP contribution is 2.18. The molecule has 0 radical (unpaired) electrons. The number of rotatable bonds is 7. The molecule has 1 fully saturated rings. The van der Waals surface area contributed by atoms with Crippen LogP contribution in [0, 0.1) is 6.92 Å². The molecule has 26 heavy (non-hydrogen) atoms. The van der Waals surface area contributed by atoms with Crippen LogP contribution in [0.2, 0.25) is 0 Å². The number of anilines is 2. The number of carbonyl (C=O) groups excluding carboxylic acids is 1. The van der Waals surface area contributed by atoms with Crippen molar-refractivity contribution < 1.29 is 4.79 Å². The summed E-state index contributed by atoms with van der Waals surface area (Å²) in [5.41, 5.74) is 0.398. The number of amides is 1. The van der Waals surface area contributed by atoms with E-state index in [2.05, 4.69) is 30.5 Å². The first kappa shape index (κ1) is 17.8. The average molecular weight is 357 g/mol. The molecule has 1 aliphatic rings. The van der Waals surface area contributed by atoms with Crippen LogP contribution < -0.4 is 21.1 Å². The highest BCUT2D eigenvalue weighted by atomic mass is 16.2. The Balaban J connectivity index is 1.43. The number of nitrogens with zero attached hydrogens (tertiary/aromatic N) is 5. The molecule has 9 heteroatoms. The molecule has 0 spiro atoms. The second-order valence-electron chi connectivity index (χ2n) is 6.23. The molecule has 2 N–H and O–H groups in total. The number of aromatic nitrogens is 4. The van der Waals surface area contributed by atoms with Crippen LogP contribution in [-0.2, 0) is 11.3 Å². The Kier molecular flexibility index (Phi) is 5.77. The van der Waals surface area contributed by atoms with Gasteiger partial charge in [-0.1, -0.05) is 0 Å². The van der Waals surface area contributed by atoms with E-state index < -0.39 is 0 Å². The van der Waals surface area contributed by atoms with Crippen LogP contribution in [0.5, 0.6) is 0 Å². The Morgan fingerprint density at radius 3 is 2.73 bits per heavy atom. The van der Waals surface area contributed by atoms with Gasteiger partial charge in [-0.25, -0.2) is 15.0 Å². The Morgan fingerprint density at radius 2 is 1.96 bits per heavy atom. The zero-order chi connectivity index (χ0) is 18.4. The predicted molar refractivity (Wildman–Crippen MR) is 98.2 cm³/mol. The normalized spacial score (nSPS) is 13.7. The molecular weight excluding hydrogens is 334 g/mol. The molecule has 138 valence electrons. The monoisotopic (exact) mass is 357 g/mol. The second-order valence-corrected chi connectivity index (χ2v) is 6.23. The van der Waals surface area contributed by atoms with Gasteiger partial charge in [0.05, 0.1) is 6.33 Å². The second kappa shape index (κ2) is 8.41. The van der Waals surface area contributed by atoms with Gasteiger partial charge in [-0.15, -0.1) is 0 Å². The molecule has 0 aromatic carbocycles. The van der Waals surface area contributed by atoms with E-state index in [1.165, 1.54) is 29.8 Å². The Bertz CT molecular complexity index is 815. The predicted octanol–water partition coefficient (Wildman–Crippen LogP) is 0.170. The summed E-state index contributed by atoms with van der Waals surface area (Å²) in [6, 6.07) is 3.33. The lowest BCUT2D eigenvalue weighted by Crippen LogP contribution is -2.34. The van der Waals surface area contributed by atoms with E-state index in [1.807, 2.05) is 6.07 Å². The van der Waals surface area contributed by atoms with Gasteiger partial charge >= 0.3 is 0 Å². The number of hydrogen-bond donors (Lipinski definition) is 2. The largest absolute Gasteiger partial charge is 0.368 e. The minimum atomic E-state index is -0.236. The van der Waals surface area contributed by atoms with Gasteiger partial charge in [-0.2, -0.15) is 0 Å². The smallest absolute Gasteiger partial charge is 0.253 e. The fraction of sp³-hybridized carbons (Fsp3) is 0.471. The molecule has 0 aliphatic carbocycles. The fourth-order valence-electron chi connectivity index (χ4n) is 2.80. The van der Waals surface area contributed by atoms with Crippen molar-refractivity contribution in [3.63, 3.8) is 0 Å². The van der Waals surface area contributed by atoms with Gasteiger partial charge < -0.3 is 15.5 Å². The zero-order valence-corrected chi connectivity index (χ0v) is 14.8. The quantitative estimate of drug-likeness (QED) is 0.681. The SMILES string of the molecule is Cc1cc(=O)n(CC(=O)NCCNc2cc(N3CCCC3)ncn2)cn1. The van der Waals surface area contributed by atoms with Crippen LogP contribution in [0.1, 0.15) is 18.5 Å². The van der Waals surface area contributed by atoms with Crippen molar-refractivity contribution in [1.29, 1.82) is 0 Å². The number of carbonyl (C=O) groups is 1. The van der Waals surface area contributed by atoms with Crippen molar-refractivity contribution in [3.05, 3.63) is 40.8 Å². The molecule has 2 aromatic heterocycles. The maximum atomic E-state index is 11.9. The Morgan fingerprint density at radius 1 is 1.15 bits per heavy atom. The third kappa shape index (κ3) is 4.78. The molecule has 0 unspecified atom stereocenters. The molecule has 0 atom stereocenters. The molecular formula is C17H23N7O2. The highest BCUT2D eigenvalue weighted by molar-refractivity contribution is 5.75. The minimum absolute atomic E-state index is 0.0429. The first-order valence-electron chi connectivity index (χ1n) is 8.72. The molecule has 3 rings (SSSR count). The highest BCUT2D eigenvalue weighted by Gasteiger charge is 2.13. The van der Waals surface area contributed by atoms with Gasteiger partial charge in [0.1, 0.15) is 24.5 Å². The number of nitrogens with one attached hydrogen (secondary N) is 2. The average Bonchev–Trinajstić information content (AvgIpc) is 3.16. The lowest BCUT2D eigenvalue weighted by Gasteiger charge is -2.16. The topological polar surface area (TPSA) is 105 Å². The van der Waals surface area contributed by atoms with Gasteiger partial charge in [0.2, 0.25) is 5.91 Å². The van der Waals surface area contributed by atoms with Crippen molar-refractivity contribution >= 4 is 17.5 Å². The van der Waals surface area contributed by atoms with Crippen molar-refractivity contribution in [2.24, 2.45) is 0 Å².